The summed E-state index contributed by atoms with van der Waals surface area (Å²) in [5.74, 6) is 0.351. The predicted molar refractivity (Wildman–Crippen MR) is 117 cm³/mol. The first kappa shape index (κ1) is 22.3. The van der Waals surface area contributed by atoms with Crippen LogP contribution in [0, 0.1) is 0 Å². The van der Waals surface area contributed by atoms with Crippen molar-refractivity contribution in [2.45, 2.75) is 32.0 Å². The Morgan fingerprint density at radius 3 is 2.64 bits per heavy atom. The van der Waals surface area contributed by atoms with Gasteiger partial charge in [0.05, 0.1) is 23.4 Å². The summed E-state index contributed by atoms with van der Waals surface area (Å²) >= 11 is 6.25. The monoisotopic (exact) mass is 423 g/mol. The molecule has 2 aromatic rings. The van der Waals surface area contributed by atoms with Gasteiger partial charge in [0.25, 0.3) is 5.91 Å². The molecule has 1 heterocycles. The van der Waals surface area contributed by atoms with Crippen molar-refractivity contribution in [3.8, 4) is 5.75 Å². The Morgan fingerprint density at radius 1 is 1.29 bits per heavy atom. The number of benzene rings is 2. The smallest absolute Gasteiger partial charge is 0.255 e. The molecule has 1 aliphatic rings. The molecule has 1 saturated heterocycles. The van der Waals surface area contributed by atoms with Crippen LogP contribution >= 0.6 is 24.0 Å². The molecule has 0 saturated carbocycles. The molecule has 2 unspecified atom stereocenters. The lowest BCUT2D eigenvalue weighted by molar-refractivity contribution is 0.0934. The highest BCUT2D eigenvalue weighted by Gasteiger charge is 2.30. The minimum atomic E-state index is -0.157. The fourth-order valence-electron chi connectivity index (χ4n) is 3.60. The van der Waals surface area contributed by atoms with Crippen molar-refractivity contribution in [3.63, 3.8) is 0 Å². The van der Waals surface area contributed by atoms with Crippen molar-refractivity contribution in [2.75, 3.05) is 26.0 Å². The largest absolute Gasteiger partial charge is 0.496 e. The molecule has 0 bridgehead atoms. The molecule has 1 fully saturated rings. The third-order valence-electron chi connectivity index (χ3n) is 5.07. The molecule has 1 aliphatic heterocycles. The average molecular weight is 424 g/mol. The summed E-state index contributed by atoms with van der Waals surface area (Å²) in [6.07, 6.45) is 0.920. The van der Waals surface area contributed by atoms with Gasteiger partial charge in [-0.15, -0.1) is 12.4 Å². The number of nitrogens with one attached hydrogen (secondary N) is 2. The third kappa shape index (κ3) is 5.10. The van der Waals surface area contributed by atoms with Crippen molar-refractivity contribution in [3.05, 3.63) is 58.6 Å². The predicted octanol–water partition coefficient (Wildman–Crippen LogP) is 4.20. The van der Waals surface area contributed by atoms with Crippen molar-refractivity contribution < 1.29 is 9.53 Å². The summed E-state index contributed by atoms with van der Waals surface area (Å²) < 4.78 is 5.38. The van der Waals surface area contributed by atoms with Crippen LogP contribution in [0.3, 0.4) is 0 Å². The normalized spacial score (nSPS) is 19.0. The molecular weight excluding hydrogens is 397 g/mol. The van der Waals surface area contributed by atoms with E-state index in [2.05, 4.69) is 46.7 Å². The second-order valence-electron chi connectivity index (χ2n) is 6.95. The summed E-state index contributed by atoms with van der Waals surface area (Å²) in [4.78, 5) is 15.2. The number of likely N-dealkylation sites (tertiary alicyclic amines) is 1. The van der Waals surface area contributed by atoms with Gasteiger partial charge in [0.1, 0.15) is 5.75 Å². The van der Waals surface area contributed by atoms with Gasteiger partial charge in [0.2, 0.25) is 0 Å². The number of hydrogen-bond donors (Lipinski definition) is 2. The Kier molecular flexibility index (Phi) is 7.98. The summed E-state index contributed by atoms with van der Waals surface area (Å²) in [6, 6.07) is 14.3. The van der Waals surface area contributed by atoms with E-state index in [1.54, 1.807) is 26.3 Å². The van der Waals surface area contributed by atoms with Crippen molar-refractivity contribution in [1.29, 1.82) is 0 Å². The Hall–Kier alpha value is -1.95. The number of ether oxygens (including phenoxy) is 1. The van der Waals surface area contributed by atoms with Gasteiger partial charge in [-0.05, 0) is 25.0 Å². The molecule has 2 atom stereocenters. The van der Waals surface area contributed by atoms with E-state index in [9.17, 15) is 4.79 Å². The molecule has 5 nitrogen and oxygen atoms in total. The molecule has 3 rings (SSSR count). The van der Waals surface area contributed by atoms with Crippen LogP contribution in [-0.2, 0) is 6.54 Å². The number of amides is 1. The molecule has 28 heavy (non-hydrogen) atoms. The van der Waals surface area contributed by atoms with Gasteiger partial charge in [0, 0.05) is 38.3 Å². The summed E-state index contributed by atoms with van der Waals surface area (Å²) in [5.41, 5.74) is 2.47. The van der Waals surface area contributed by atoms with E-state index in [0.29, 0.717) is 22.4 Å². The van der Waals surface area contributed by atoms with Crippen molar-refractivity contribution >= 4 is 35.6 Å². The van der Waals surface area contributed by atoms with Gasteiger partial charge < -0.3 is 15.4 Å². The number of hydrogen-bond acceptors (Lipinski definition) is 4. The number of anilines is 1. The number of nitrogens with zero attached hydrogens (tertiary/aromatic N) is 1. The highest BCUT2D eigenvalue weighted by Crippen LogP contribution is 2.31. The minimum absolute atomic E-state index is 0. The Labute approximate surface area is 177 Å². The van der Waals surface area contributed by atoms with Gasteiger partial charge in [0.15, 0.2) is 0 Å². The highest BCUT2D eigenvalue weighted by atomic mass is 35.5. The van der Waals surface area contributed by atoms with Crippen LogP contribution in [0.5, 0.6) is 5.75 Å². The van der Waals surface area contributed by atoms with E-state index in [4.69, 9.17) is 16.3 Å². The molecule has 0 spiro atoms. The first-order valence-electron chi connectivity index (χ1n) is 9.16. The zero-order valence-electron chi connectivity index (χ0n) is 16.4. The van der Waals surface area contributed by atoms with E-state index in [-0.39, 0.29) is 24.4 Å². The van der Waals surface area contributed by atoms with Crippen LogP contribution in [0.25, 0.3) is 0 Å². The molecule has 7 heteroatoms. The molecule has 1 amide bonds. The molecule has 152 valence electrons. The number of carbonyl (C=O) groups is 1. The van der Waals surface area contributed by atoms with Crippen LogP contribution in [0.4, 0.5) is 5.69 Å². The topological polar surface area (TPSA) is 53.6 Å². The van der Waals surface area contributed by atoms with E-state index in [0.717, 1.165) is 25.2 Å². The molecule has 0 aromatic heterocycles. The number of halogens is 2. The zero-order chi connectivity index (χ0) is 19.4. The number of methoxy groups -OCH3 is 1. The summed E-state index contributed by atoms with van der Waals surface area (Å²) in [6.45, 7) is 3.92. The second-order valence-corrected chi connectivity index (χ2v) is 7.36. The Morgan fingerprint density at radius 2 is 2.00 bits per heavy atom. The minimum Gasteiger partial charge on any atom is -0.496 e. The quantitative estimate of drug-likeness (QED) is 0.730. The van der Waals surface area contributed by atoms with Crippen LogP contribution in [0.1, 0.15) is 29.3 Å². The van der Waals surface area contributed by atoms with Crippen LogP contribution < -0.4 is 15.4 Å². The lowest BCUT2D eigenvalue weighted by Gasteiger charge is -2.21. The summed E-state index contributed by atoms with van der Waals surface area (Å²) in [5, 5.41) is 6.63. The van der Waals surface area contributed by atoms with Crippen LogP contribution in [0.15, 0.2) is 42.5 Å². The standard InChI is InChI=1S/C21H26ClN3O2.ClH/c1-14-9-16(13-25(14)12-15-7-5-4-6-8-15)24-21(26)17-10-18(22)19(23-2)11-20(17)27-3;/h4-8,10-11,14,16,23H,9,12-13H2,1-3H3,(H,24,26);1H. The number of carbonyl (C=O) groups excluding carboxylic acids is 1. The average Bonchev–Trinajstić information content (AvgIpc) is 3.01. The fraction of sp³-hybridized carbons (Fsp3) is 0.381. The Bertz CT molecular complexity index is 802. The first-order chi connectivity index (χ1) is 13.0. The lowest BCUT2D eigenvalue weighted by atomic mass is 10.1. The maximum absolute atomic E-state index is 12.8. The molecule has 2 N–H and O–H groups in total. The molecule has 0 aliphatic carbocycles. The van der Waals surface area contributed by atoms with E-state index < -0.39 is 0 Å². The summed E-state index contributed by atoms with van der Waals surface area (Å²) in [7, 11) is 3.33. The SMILES string of the molecule is CNc1cc(OC)c(C(=O)NC2CC(C)N(Cc3ccccc3)C2)cc1Cl.Cl. The second kappa shape index (κ2) is 10.0. The van der Waals surface area contributed by atoms with Gasteiger partial charge in [-0.1, -0.05) is 41.9 Å². The molecule has 2 aromatic carbocycles. The molecule has 0 radical (unpaired) electrons. The zero-order valence-corrected chi connectivity index (χ0v) is 17.9. The Balaban J connectivity index is 0.00000280. The van der Waals surface area contributed by atoms with E-state index in [1.165, 1.54) is 5.56 Å². The van der Waals surface area contributed by atoms with Gasteiger partial charge in [-0.2, -0.15) is 0 Å². The fourth-order valence-corrected chi connectivity index (χ4v) is 3.85. The van der Waals surface area contributed by atoms with Gasteiger partial charge >= 0.3 is 0 Å². The van der Waals surface area contributed by atoms with E-state index in [1.807, 2.05) is 6.07 Å². The van der Waals surface area contributed by atoms with Crippen molar-refractivity contribution in [2.24, 2.45) is 0 Å². The van der Waals surface area contributed by atoms with Crippen molar-refractivity contribution in [1.82, 2.24) is 10.2 Å². The van der Waals surface area contributed by atoms with Crippen LogP contribution in [0.2, 0.25) is 5.02 Å². The first-order valence-corrected chi connectivity index (χ1v) is 9.53. The highest BCUT2D eigenvalue weighted by molar-refractivity contribution is 6.33. The maximum atomic E-state index is 12.8. The maximum Gasteiger partial charge on any atom is 0.255 e. The van der Waals surface area contributed by atoms with Gasteiger partial charge in [-0.25, -0.2) is 0 Å². The lowest BCUT2D eigenvalue weighted by Crippen LogP contribution is -2.37. The molecular formula is C21H27Cl2N3O2. The van der Waals surface area contributed by atoms with Gasteiger partial charge in [-0.3, -0.25) is 9.69 Å². The van der Waals surface area contributed by atoms with E-state index >= 15 is 0 Å². The van der Waals surface area contributed by atoms with Crippen LogP contribution in [-0.4, -0.2) is 43.6 Å². The number of rotatable bonds is 6. The third-order valence-corrected chi connectivity index (χ3v) is 5.38.